The van der Waals surface area contributed by atoms with Crippen LogP contribution < -0.4 is 10.2 Å². The van der Waals surface area contributed by atoms with Crippen molar-refractivity contribution in [1.29, 1.82) is 0 Å². The molecule has 158 valence electrons. The Morgan fingerprint density at radius 1 is 1.13 bits per heavy atom. The minimum Gasteiger partial charge on any atom is -0.378 e. The number of hydrogen-bond acceptors (Lipinski definition) is 4. The second-order valence-corrected chi connectivity index (χ2v) is 7.62. The quantitative estimate of drug-likeness (QED) is 0.529. The molecule has 3 rings (SSSR count). The Balaban J connectivity index is 1.56. The molecule has 0 spiro atoms. The molecule has 1 N–H and O–H groups in total. The van der Waals surface area contributed by atoms with Crippen LogP contribution in [0, 0.1) is 13.8 Å². The summed E-state index contributed by atoms with van der Waals surface area (Å²) in [6, 6.07) is 14.5. The first-order chi connectivity index (χ1) is 14.5. The van der Waals surface area contributed by atoms with Gasteiger partial charge in [-0.3, -0.25) is 9.79 Å². The summed E-state index contributed by atoms with van der Waals surface area (Å²) in [6.45, 7) is 9.43. The second-order valence-electron chi connectivity index (χ2n) is 7.62. The normalized spacial score (nSPS) is 15.6. The summed E-state index contributed by atoms with van der Waals surface area (Å²) in [7, 11) is 0. The number of nitrogens with one attached hydrogen (secondary N) is 1. The number of anilines is 2. The molecule has 1 atom stereocenters. The third kappa shape index (κ3) is 6.29. The monoisotopic (exact) mass is 405 g/mol. The van der Waals surface area contributed by atoms with Crippen LogP contribution in [0.5, 0.6) is 0 Å². The third-order valence-corrected chi connectivity index (χ3v) is 5.10. The van der Waals surface area contributed by atoms with E-state index in [1.165, 1.54) is 16.7 Å². The number of amides is 1. The van der Waals surface area contributed by atoms with Crippen molar-refractivity contribution >= 4 is 23.5 Å². The molecule has 1 saturated heterocycles. The summed E-state index contributed by atoms with van der Waals surface area (Å²) in [5.41, 5.74) is 5.57. The van der Waals surface area contributed by atoms with E-state index in [-0.39, 0.29) is 11.9 Å². The van der Waals surface area contributed by atoms with E-state index in [1.54, 1.807) is 6.08 Å². The largest absolute Gasteiger partial charge is 0.378 e. The molecule has 0 radical (unpaired) electrons. The molecule has 0 aromatic heterocycles. The zero-order valence-corrected chi connectivity index (χ0v) is 18.1. The Bertz CT molecular complexity index is 877. The summed E-state index contributed by atoms with van der Waals surface area (Å²) in [5, 5.41) is 2.93. The lowest BCUT2D eigenvalue weighted by atomic mass is 9.99. The predicted molar refractivity (Wildman–Crippen MR) is 125 cm³/mol. The number of rotatable bonds is 7. The maximum absolute atomic E-state index is 12.3. The summed E-state index contributed by atoms with van der Waals surface area (Å²) in [6.07, 6.45) is 5.99. The number of nitrogens with zero attached hydrogens (tertiary/aromatic N) is 2. The average Bonchev–Trinajstić information content (AvgIpc) is 2.73. The first-order valence-electron chi connectivity index (χ1n) is 10.5. The number of benzene rings is 2. The fourth-order valence-corrected chi connectivity index (χ4v) is 3.73. The molecular formula is C25H31N3O2. The predicted octanol–water partition coefficient (Wildman–Crippen LogP) is 4.86. The Hall–Kier alpha value is -2.92. The SMILES string of the molecule is CC=NC(C/C=C/C(=O)Nc1ccc(N2CCOCC2)cc1)c1cc(C)cc(C)c1. The number of carbonyl (C=O) groups is 1. The minimum absolute atomic E-state index is 0.0189. The van der Waals surface area contributed by atoms with Gasteiger partial charge in [-0.25, -0.2) is 0 Å². The Morgan fingerprint density at radius 3 is 2.43 bits per heavy atom. The number of ether oxygens (including phenoxy) is 1. The van der Waals surface area contributed by atoms with Crippen molar-refractivity contribution < 1.29 is 9.53 Å². The summed E-state index contributed by atoms with van der Waals surface area (Å²) < 4.78 is 5.39. The molecular weight excluding hydrogens is 374 g/mol. The van der Waals surface area contributed by atoms with E-state index in [0.717, 1.165) is 37.7 Å². The second kappa shape index (κ2) is 10.7. The third-order valence-electron chi connectivity index (χ3n) is 5.10. The average molecular weight is 406 g/mol. The van der Waals surface area contributed by atoms with E-state index < -0.39 is 0 Å². The molecule has 5 heteroatoms. The van der Waals surface area contributed by atoms with Crippen LogP contribution in [-0.2, 0) is 9.53 Å². The first kappa shape index (κ1) is 21.8. The van der Waals surface area contributed by atoms with Crippen molar-refractivity contribution in [2.24, 2.45) is 4.99 Å². The number of morpholine rings is 1. The van der Waals surface area contributed by atoms with Gasteiger partial charge < -0.3 is 15.0 Å². The summed E-state index contributed by atoms with van der Waals surface area (Å²) >= 11 is 0. The Morgan fingerprint density at radius 2 is 1.80 bits per heavy atom. The molecule has 1 aliphatic heterocycles. The van der Waals surface area contributed by atoms with Crippen molar-refractivity contribution in [2.45, 2.75) is 33.2 Å². The summed E-state index contributed by atoms with van der Waals surface area (Å²) in [4.78, 5) is 19.2. The van der Waals surface area contributed by atoms with E-state index in [4.69, 9.17) is 4.74 Å². The van der Waals surface area contributed by atoms with E-state index in [9.17, 15) is 4.79 Å². The van der Waals surface area contributed by atoms with Crippen molar-refractivity contribution in [3.05, 3.63) is 71.3 Å². The van der Waals surface area contributed by atoms with Gasteiger partial charge in [0.15, 0.2) is 0 Å². The highest BCUT2D eigenvalue weighted by atomic mass is 16.5. The highest BCUT2D eigenvalue weighted by Crippen LogP contribution is 2.24. The first-order valence-corrected chi connectivity index (χ1v) is 10.5. The number of carbonyl (C=O) groups excluding carboxylic acids is 1. The molecule has 1 fully saturated rings. The Kier molecular flexibility index (Phi) is 7.80. The van der Waals surface area contributed by atoms with Crippen LogP contribution in [-0.4, -0.2) is 38.4 Å². The molecule has 2 aromatic rings. The molecule has 1 heterocycles. The van der Waals surface area contributed by atoms with E-state index in [2.05, 4.69) is 47.3 Å². The van der Waals surface area contributed by atoms with Crippen LogP contribution in [0.25, 0.3) is 0 Å². The van der Waals surface area contributed by atoms with E-state index >= 15 is 0 Å². The van der Waals surface area contributed by atoms with Gasteiger partial charge in [0, 0.05) is 24.5 Å². The molecule has 30 heavy (non-hydrogen) atoms. The highest BCUT2D eigenvalue weighted by Gasteiger charge is 2.11. The van der Waals surface area contributed by atoms with Crippen LogP contribution in [0.15, 0.2) is 59.6 Å². The maximum atomic E-state index is 12.3. The molecule has 2 aromatic carbocycles. The fraction of sp³-hybridized carbons (Fsp3) is 0.360. The van der Waals surface area contributed by atoms with Crippen LogP contribution in [0.4, 0.5) is 11.4 Å². The van der Waals surface area contributed by atoms with Crippen LogP contribution >= 0.6 is 0 Å². The van der Waals surface area contributed by atoms with Gasteiger partial charge in [0.1, 0.15) is 0 Å². The molecule has 0 saturated carbocycles. The fourth-order valence-electron chi connectivity index (χ4n) is 3.73. The zero-order valence-electron chi connectivity index (χ0n) is 18.1. The zero-order chi connectivity index (χ0) is 21.3. The smallest absolute Gasteiger partial charge is 0.248 e. The number of aryl methyl sites for hydroxylation is 2. The molecule has 1 unspecified atom stereocenters. The van der Waals surface area contributed by atoms with Crippen LogP contribution in [0.1, 0.15) is 36.1 Å². The lowest BCUT2D eigenvalue weighted by Gasteiger charge is -2.28. The van der Waals surface area contributed by atoms with Gasteiger partial charge in [0.2, 0.25) is 5.91 Å². The molecule has 1 aliphatic rings. The van der Waals surface area contributed by atoms with Gasteiger partial charge in [-0.2, -0.15) is 0 Å². The van der Waals surface area contributed by atoms with Crippen molar-refractivity contribution in [3.8, 4) is 0 Å². The summed E-state index contributed by atoms with van der Waals surface area (Å²) in [5.74, 6) is -0.131. The van der Waals surface area contributed by atoms with Gasteiger partial charge in [-0.05, 0) is 69.3 Å². The highest BCUT2D eigenvalue weighted by molar-refractivity contribution is 5.99. The van der Waals surface area contributed by atoms with Gasteiger partial charge in [-0.1, -0.05) is 35.4 Å². The van der Waals surface area contributed by atoms with E-state index in [1.807, 2.05) is 43.5 Å². The lowest BCUT2D eigenvalue weighted by molar-refractivity contribution is -0.111. The number of aliphatic imine (C=N–C) groups is 1. The van der Waals surface area contributed by atoms with Gasteiger partial charge in [0.05, 0.1) is 19.3 Å². The van der Waals surface area contributed by atoms with Gasteiger partial charge in [-0.15, -0.1) is 0 Å². The molecule has 0 bridgehead atoms. The lowest BCUT2D eigenvalue weighted by Crippen LogP contribution is -2.36. The van der Waals surface area contributed by atoms with Crippen LogP contribution in [0.2, 0.25) is 0 Å². The van der Waals surface area contributed by atoms with Gasteiger partial charge in [0.25, 0.3) is 0 Å². The van der Waals surface area contributed by atoms with Crippen molar-refractivity contribution in [3.63, 3.8) is 0 Å². The topological polar surface area (TPSA) is 53.9 Å². The molecule has 5 nitrogen and oxygen atoms in total. The minimum atomic E-state index is -0.131. The van der Waals surface area contributed by atoms with Gasteiger partial charge >= 0.3 is 0 Å². The Labute approximate surface area is 179 Å². The van der Waals surface area contributed by atoms with Crippen molar-refractivity contribution in [2.75, 3.05) is 36.5 Å². The van der Waals surface area contributed by atoms with E-state index in [0.29, 0.717) is 6.42 Å². The molecule has 0 aliphatic carbocycles. The molecule has 1 amide bonds. The van der Waals surface area contributed by atoms with Crippen LogP contribution in [0.3, 0.4) is 0 Å². The number of hydrogen-bond donors (Lipinski definition) is 1. The van der Waals surface area contributed by atoms with Crippen molar-refractivity contribution in [1.82, 2.24) is 0 Å². The standard InChI is InChI=1S/C25H31N3O2/c1-4-26-24(21-17-19(2)16-20(3)18-21)6-5-7-25(29)27-22-8-10-23(11-9-22)28-12-14-30-15-13-28/h4-5,7-11,16-18,24H,6,12-15H2,1-3H3,(H,27,29)/b7-5+,26-4?. The maximum Gasteiger partial charge on any atom is 0.248 e.